The minimum atomic E-state index is -0.376. The Labute approximate surface area is 181 Å². The molecule has 0 aliphatic carbocycles. The number of likely N-dealkylation sites (tertiary alicyclic amines) is 1. The summed E-state index contributed by atoms with van der Waals surface area (Å²) in [5.41, 5.74) is 5.07. The highest BCUT2D eigenvalue weighted by atomic mass is 32.2. The molecular formula is C22H29N3O2S2. The number of nitrogens with one attached hydrogen (secondary N) is 1. The largest absolute Gasteiger partial charge is 0.348 e. The van der Waals surface area contributed by atoms with Gasteiger partial charge in [0.1, 0.15) is 6.04 Å². The standard InChI is InChI=1S/C22H29N3O2S2/c1-14(16-8-10-17(11-9-16)19-15(2)23-13-28-19)24-20(26)18-7-6-12-25(18)21(27)29-22(3,4)5/h8-11,13-14,18H,6-7,12H2,1-5H3,(H,24,26)/t14-,18?/m0/s1. The number of hydrogen-bond acceptors (Lipinski definition) is 5. The van der Waals surface area contributed by atoms with Crippen LogP contribution in [0.15, 0.2) is 29.8 Å². The van der Waals surface area contributed by atoms with E-state index in [0.717, 1.165) is 29.7 Å². The van der Waals surface area contributed by atoms with Gasteiger partial charge in [0.25, 0.3) is 5.24 Å². The van der Waals surface area contributed by atoms with Crippen molar-refractivity contribution in [1.29, 1.82) is 0 Å². The van der Waals surface area contributed by atoms with E-state index in [1.165, 1.54) is 16.6 Å². The number of benzene rings is 1. The fraction of sp³-hybridized carbons (Fsp3) is 0.500. The molecule has 2 aromatic rings. The van der Waals surface area contributed by atoms with Gasteiger partial charge in [0.05, 0.1) is 22.1 Å². The summed E-state index contributed by atoms with van der Waals surface area (Å²) < 4.78 is -0.161. The van der Waals surface area contributed by atoms with Crippen LogP contribution >= 0.6 is 23.1 Å². The van der Waals surface area contributed by atoms with Crippen LogP contribution < -0.4 is 5.32 Å². The van der Waals surface area contributed by atoms with Crippen molar-refractivity contribution in [3.8, 4) is 10.4 Å². The molecule has 0 radical (unpaired) electrons. The summed E-state index contributed by atoms with van der Waals surface area (Å²) in [6.07, 6.45) is 1.59. The molecule has 0 bridgehead atoms. The maximum Gasteiger partial charge on any atom is 0.282 e. The molecule has 7 heteroatoms. The molecule has 1 fully saturated rings. The van der Waals surface area contributed by atoms with Crippen molar-refractivity contribution in [2.75, 3.05) is 6.54 Å². The molecule has 1 N–H and O–H groups in total. The monoisotopic (exact) mass is 431 g/mol. The van der Waals surface area contributed by atoms with E-state index >= 15 is 0 Å². The van der Waals surface area contributed by atoms with Gasteiger partial charge < -0.3 is 10.2 Å². The van der Waals surface area contributed by atoms with Gasteiger partial charge in [0.15, 0.2) is 0 Å². The lowest BCUT2D eigenvalue weighted by atomic mass is 10.0. The Morgan fingerprint density at radius 2 is 1.97 bits per heavy atom. The van der Waals surface area contributed by atoms with Crippen LogP contribution in [0.4, 0.5) is 4.79 Å². The zero-order valence-electron chi connectivity index (χ0n) is 17.7. The van der Waals surface area contributed by atoms with E-state index in [0.29, 0.717) is 6.54 Å². The SMILES string of the molecule is Cc1ncsc1-c1ccc([C@H](C)NC(=O)C2CCCN2C(=O)SC(C)(C)C)cc1. The van der Waals surface area contributed by atoms with E-state index in [2.05, 4.69) is 22.4 Å². The predicted octanol–water partition coefficient (Wildman–Crippen LogP) is 5.41. The van der Waals surface area contributed by atoms with Crippen LogP contribution in [-0.2, 0) is 4.79 Å². The number of nitrogens with zero attached hydrogens (tertiary/aromatic N) is 2. The molecule has 2 amide bonds. The quantitative estimate of drug-likeness (QED) is 0.703. The second-order valence-corrected chi connectivity index (χ2v) is 11.1. The van der Waals surface area contributed by atoms with Gasteiger partial charge in [-0.3, -0.25) is 9.59 Å². The van der Waals surface area contributed by atoms with Crippen LogP contribution in [0, 0.1) is 6.92 Å². The molecule has 29 heavy (non-hydrogen) atoms. The lowest BCUT2D eigenvalue weighted by molar-refractivity contribution is -0.125. The highest BCUT2D eigenvalue weighted by molar-refractivity contribution is 8.14. The van der Waals surface area contributed by atoms with E-state index in [4.69, 9.17) is 0 Å². The van der Waals surface area contributed by atoms with E-state index in [1.54, 1.807) is 16.2 Å². The van der Waals surface area contributed by atoms with Crippen molar-refractivity contribution in [3.05, 3.63) is 41.0 Å². The van der Waals surface area contributed by atoms with Crippen LogP contribution in [0.25, 0.3) is 10.4 Å². The third kappa shape index (κ3) is 5.39. The molecule has 156 valence electrons. The summed E-state index contributed by atoms with van der Waals surface area (Å²) in [5, 5.41) is 3.09. The summed E-state index contributed by atoms with van der Waals surface area (Å²) in [6.45, 7) is 10.7. The fourth-order valence-corrected chi connectivity index (χ4v) is 5.14. The van der Waals surface area contributed by atoms with Crippen LogP contribution in [-0.4, -0.2) is 38.4 Å². The molecule has 1 aromatic carbocycles. The summed E-state index contributed by atoms with van der Waals surface area (Å²) in [6, 6.07) is 7.75. The van der Waals surface area contributed by atoms with Crippen molar-refractivity contribution in [3.63, 3.8) is 0 Å². The Morgan fingerprint density at radius 1 is 1.28 bits per heavy atom. The van der Waals surface area contributed by atoms with Crippen LogP contribution in [0.1, 0.15) is 57.8 Å². The number of rotatable bonds is 4. The van der Waals surface area contributed by atoms with Gasteiger partial charge in [-0.05, 0) is 37.8 Å². The normalized spacial score (nSPS) is 18.0. The van der Waals surface area contributed by atoms with Gasteiger partial charge in [0.2, 0.25) is 5.91 Å². The summed E-state index contributed by atoms with van der Waals surface area (Å²) >= 11 is 2.93. The Kier molecular flexibility index (Phi) is 6.69. The molecule has 1 aromatic heterocycles. The first kappa shape index (κ1) is 21.8. The third-order valence-corrected chi connectivity index (χ3v) is 6.96. The smallest absolute Gasteiger partial charge is 0.282 e. The van der Waals surface area contributed by atoms with Gasteiger partial charge >= 0.3 is 0 Å². The Morgan fingerprint density at radius 3 is 2.55 bits per heavy atom. The molecule has 1 unspecified atom stereocenters. The lowest BCUT2D eigenvalue weighted by Gasteiger charge is -2.28. The van der Waals surface area contributed by atoms with Crippen molar-refractivity contribution in [2.45, 2.75) is 64.3 Å². The zero-order chi connectivity index (χ0) is 21.2. The minimum absolute atomic E-state index is 0.00733. The van der Waals surface area contributed by atoms with Crippen LogP contribution in [0.3, 0.4) is 0 Å². The summed E-state index contributed by atoms with van der Waals surface area (Å²) in [5.74, 6) is -0.0692. The number of aryl methyl sites for hydroxylation is 1. The van der Waals surface area contributed by atoms with Crippen molar-refractivity contribution in [2.24, 2.45) is 0 Å². The van der Waals surface area contributed by atoms with Crippen molar-refractivity contribution < 1.29 is 9.59 Å². The van der Waals surface area contributed by atoms with Crippen molar-refractivity contribution in [1.82, 2.24) is 15.2 Å². The predicted molar refractivity (Wildman–Crippen MR) is 121 cm³/mol. The molecule has 0 saturated carbocycles. The van der Waals surface area contributed by atoms with Crippen LogP contribution in [0.5, 0.6) is 0 Å². The number of aromatic nitrogens is 1. The number of amides is 2. The highest BCUT2D eigenvalue weighted by Crippen LogP contribution is 2.31. The van der Waals surface area contributed by atoms with E-state index in [9.17, 15) is 9.59 Å². The lowest BCUT2D eigenvalue weighted by Crippen LogP contribution is -2.45. The van der Waals surface area contributed by atoms with Gasteiger partial charge in [0, 0.05) is 11.3 Å². The second-order valence-electron chi connectivity index (χ2n) is 8.45. The van der Waals surface area contributed by atoms with Gasteiger partial charge in [-0.25, -0.2) is 4.98 Å². The topological polar surface area (TPSA) is 62.3 Å². The molecule has 1 aliphatic rings. The first-order valence-electron chi connectivity index (χ1n) is 9.96. The summed E-state index contributed by atoms with van der Waals surface area (Å²) in [4.78, 5) is 32.7. The summed E-state index contributed by atoms with van der Waals surface area (Å²) in [7, 11) is 0. The fourth-order valence-electron chi connectivity index (χ4n) is 3.47. The molecule has 3 rings (SSSR count). The molecule has 1 aliphatic heterocycles. The van der Waals surface area contributed by atoms with Gasteiger partial charge in [-0.2, -0.15) is 0 Å². The third-order valence-electron chi connectivity index (χ3n) is 4.96. The molecule has 1 saturated heterocycles. The highest BCUT2D eigenvalue weighted by Gasteiger charge is 2.36. The maximum atomic E-state index is 12.9. The number of hydrogen-bond donors (Lipinski definition) is 1. The Balaban J connectivity index is 1.64. The molecule has 0 spiro atoms. The Bertz CT molecular complexity index is 871. The minimum Gasteiger partial charge on any atom is -0.348 e. The van der Waals surface area contributed by atoms with Crippen molar-refractivity contribution >= 4 is 34.2 Å². The van der Waals surface area contributed by atoms with Gasteiger partial charge in [-0.1, -0.05) is 56.8 Å². The Hall–Kier alpha value is -1.86. The number of thioether (sulfide) groups is 1. The van der Waals surface area contributed by atoms with E-state index in [-0.39, 0.29) is 28.0 Å². The number of carbonyl (C=O) groups excluding carboxylic acids is 2. The zero-order valence-corrected chi connectivity index (χ0v) is 19.3. The maximum absolute atomic E-state index is 12.9. The average Bonchev–Trinajstić information content (AvgIpc) is 3.29. The first-order chi connectivity index (χ1) is 13.7. The first-order valence-corrected chi connectivity index (χ1v) is 11.7. The van der Waals surface area contributed by atoms with E-state index < -0.39 is 0 Å². The molecular weight excluding hydrogens is 402 g/mol. The molecule has 2 heterocycles. The van der Waals surface area contributed by atoms with E-state index in [1.807, 2.05) is 52.3 Å². The van der Waals surface area contributed by atoms with Crippen LogP contribution in [0.2, 0.25) is 0 Å². The molecule has 2 atom stereocenters. The van der Waals surface area contributed by atoms with Gasteiger partial charge in [-0.15, -0.1) is 11.3 Å². The second kappa shape index (κ2) is 8.88. The number of thiazole rings is 1. The average molecular weight is 432 g/mol. The number of carbonyl (C=O) groups is 2. The molecule has 5 nitrogen and oxygen atoms in total.